The molecule has 1 rings (SSSR count). The van der Waals surface area contributed by atoms with Crippen molar-refractivity contribution in [2.24, 2.45) is 17.8 Å². The van der Waals surface area contributed by atoms with E-state index in [1.807, 2.05) is 6.08 Å². The lowest BCUT2D eigenvalue weighted by atomic mass is 9.88. The van der Waals surface area contributed by atoms with E-state index in [4.69, 9.17) is 23.8 Å². The minimum Gasteiger partial charge on any atom is -0.462 e. The van der Waals surface area contributed by atoms with Gasteiger partial charge in [0.25, 0.3) is 0 Å². The van der Waals surface area contributed by atoms with Gasteiger partial charge >= 0.3 is 27.6 Å². The maximum Gasteiger partial charge on any atom is 0.472 e. The molecule has 0 spiro atoms. The average Bonchev–Trinajstić information content (AvgIpc) is 3.43. The molecule has 0 aromatic carbocycles. The van der Waals surface area contributed by atoms with Gasteiger partial charge in [-0.15, -0.1) is 0 Å². The van der Waals surface area contributed by atoms with Crippen molar-refractivity contribution in [3.63, 3.8) is 0 Å². The first-order chi connectivity index (χ1) is 27.9. The van der Waals surface area contributed by atoms with Gasteiger partial charge in [-0.25, -0.2) is 9.13 Å². The highest BCUT2D eigenvalue weighted by Gasteiger charge is 2.39. The average molecular weight is 889 g/mol. The molecule has 59 heavy (non-hydrogen) atoms. The smallest absolute Gasteiger partial charge is 0.462 e. The van der Waals surface area contributed by atoms with Crippen LogP contribution in [-0.4, -0.2) is 104 Å². The van der Waals surface area contributed by atoms with Crippen LogP contribution in [0.3, 0.4) is 0 Å². The number of phosphoric acid groups is 2. The summed E-state index contributed by atoms with van der Waals surface area (Å²) < 4.78 is 47.8. The van der Waals surface area contributed by atoms with E-state index >= 15 is 0 Å². The van der Waals surface area contributed by atoms with Gasteiger partial charge in [0.2, 0.25) is 0 Å². The number of phosphoric ester groups is 2. The van der Waals surface area contributed by atoms with Crippen LogP contribution in [0.5, 0.6) is 0 Å². The van der Waals surface area contributed by atoms with Crippen molar-refractivity contribution in [1.82, 2.24) is 0 Å². The minimum atomic E-state index is -4.89. The Labute approximate surface area is 352 Å². The molecule has 1 aliphatic rings. The second-order valence-corrected chi connectivity index (χ2v) is 19.1. The van der Waals surface area contributed by atoms with E-state index in [1.54, 1.807) is 6.08 Å². The van der Waals surface area contributed by atoms with Gasteiger partial charge in [-0.05, 0) is 37.5 Å². The summed E-state index contributed by atoms with van der Waals surface area (Å²) in [5, 5.41) is 41.1. The predicted octanol–water partition coefficient (Wildman–Crippen LogP) is 7.19. The summed E-state index contributed by atoms with van der Waals surface area (Å²) in [6.07, 6.45) is 17.2. The molecule has 0 aromatic heterocycles. The number of unbranched alkanes of at least 4 members (excludes halogenated alkanes) is 13. The zero-order valence-corrected chi connectivity index (χ0v) is 37.6. The van der Waals surface area contributed by atoms with Crippen LogP contribution in [-0.2, 0) is 41.8 Å². The third-order valence-corrected chi connectivity index (χ3v) is 11.9. The van der Waals surface area contributed by atoms with E-state index in [-0.39, 0.29) is 31.1 Å². The van der Waals surface area contributed by atoms with Crippen LogP contribution in [0.2, 0.25) is 0 Å². The molecule has 18 heteroatoms. The molecule has 8 atom stereocenters. The Balaban J connectivity index is 2.56. The van der Waals surface area contributed by atoms with Crippen LogP contribution in [0, 0.1) is 17.8 Å². The Kier molecular flexibility index (Phi) is 30.6. The van der Waals surface area contributed by atoms with Gasteiger partial charge in [-0.1, -0.05) is 129 Å². The molecule has 16 nitrogen and oxygen atoms in total. The Bertz CT molecular complexity index is 1230. The van der Waals surface area contributed by atoms with Gasteiger partial charge in [0.15, 0.2) is 6.10 Å². The van der Waals surface area contributed by atoms with Crippen molar-refractivity contribution in [2.45, 2.75) is 193 Å². The maximum atomic E-state index is 12.8. The van der Waals surface area contributed by atoms with Crippen LogP contribution < -0.4 is 0 Å². The topological polar surface area (TPSA) is 256 Å². The van der Waals surface area contributed by atoms with Gasteiger partial charge in [-0.3, -0.25) is 23.2 Å². The van der Waals surface area contributed by atoms with E-state index in [0.29, 0.717) is 32.1 Å². The fourth-order valence-electron chi connectivity index (χ4n) is 7.04. The first-order valence-corrected chi connectivity index (χ1v) is 25.0. The van der Waals surface area contributed by atoms with E-state index < -0.39 is 84.5 Å². The maximum absolute atomic E-state index is 12.8. The summed E-state index contributed by atoms with van der Waals surface area (Å²) in [7, 11) is -9.75. The molecule has 0 aliphatic heterocycles. The largest absolute Gasteiger partial charge is 0.472 e. The summed E-state index contributed by atoms with van der Waals surface area (Å²) in [6.45, 7) is 3.69. The number of esters is 2. The minimum absolute atomic E-state index is 0.00743. The predicted molar refractivity (Wildman–Crippen MR) is 223 cm³/mol. The van der Waals surface area contributed by atoms with Crippen molar-refractivity contribution in [2.75, 3.05) is 26.4 Å². The monoisotopic (exact) mass is 888 g/mol. The first kappa shape index (κ1) is 55.8. The fraction of sp³-hybridized carbons (Fsp3) is 0.902. The third kappa shape index (κ3) is 30.4. The number of rotatable bonds is 37. The Morgan fingerprint density at radius 3 is 1.83 bits per heavy atom. The van der Waals surface area contributed by atoms with Crippen LogP contribution in [0.25, 0.3) is 0 Å². The van der Waals surface area contributed by atoms with Crippen molar-refractivity contribution in [3.8, 4) is 0 Å². The number of aliphatic hydroxyl groups excluding tert-OH is 4. The molecule has 348 valence electrons. The van der Waals surface area contributed by atoms with Gasteiger partial charge < -0.3 is 44.6 Å². The van der Waals surface area contributed by atoms with Crippen molar-refractivity contribution >= 4 is 27.6 Å². The van der Waals surface area contributed by atoms with Crippen molar-refractivity contribution < 1.29 is 76.9 Å². The van der Waals surface area contributed by atoms with E-state index in [1.165, 1.54) is 32.1 Å². The number of carbonyl (C=O) groups is 2. The molecule has 0 heterocycles. The van der Waals surface area contributed by atoms with E-state index in [2.05, 4.69) is 29.8 Å². The van der Waals surface area contributed by atoms with Crippen molar-refractivity contribution in [1.29, 1.82) is 0 Å². The van der Waals surface area contributed by atoms with Gasteiger partial charge in [0, 0.05) is 25.2 Å². The summed E-state index contributed by atoms with van der Waals surface area (Å²) in [6, 6.07) is 0. The Morgan fingerprint density at radius 1 is 0.678 bits per heavy atom. The molecule has 0 saturated heterocycles. The zero-order chi connectivity index (χ0) is 44.1. The molecule has 0 aromatic rings. The quantitative estimate of drug-likeness (QED) is 0.0141. The van der Waals surface area contributed by atoms with Crippen LogP contribution >= 0.6 is 15.6 Å². The summed E-state index contributed by atoms with van der Waals surface area (Å²) in [5.41, 5.74) is 0. The highest BCUT2D eigenvalue weighted by molar-refractivity contribution is 7.47. The number of hydrogen-bond donors (Lipinski definition) is 7. The van der Waals surface area contributed by atoms with Gasteiger partial charge in [-0.2, -0.15) is 0 Å². The highest BCUT2D eigenvalue weighted by atomic mass is 31.2. The normalized spacial score (nSPS) is 21.1. The zero-order valence-electron chi connectivity index (χ0n) is 35.9. The number of hydrogen-bond acceptors (Lipinski definition) is 13. The molecule has 0 bridgehead atoms. The second kappa shape index (κ2) is 32.4. The molecule has 1 fully saturated rings. The highest BCUT2D eigenvalue weighted by Crippen LogP contribution is 2.44. The summed E-state index contributed by atoms with van der Waals surface area (Å²) in [5.74, 6) is -0.809. The second-order valence-electron chi connectivity index (χ2n) is 16.4. The molecular weight excluding hydrogens is 810 g/mol. The SMILES string of the molecule is CCCCC[C@H](O)/C=C/[C@@H]1[C@@H](CCCCCCC(=O)O[C@H](COC(=O)CCCCCCCCCCCC(C)C)COP(=O)(O)OC[C@@H](O)COP(=O)(O)O)[C@@H](O)C[C@H]1O. The molecule has 1 saturated carbocycles. The van der Waals surface area contributed by atoms with Crippen LogP contribution in [0.1, 0.15) is 162 Å². The molecule has 1 aliphatic carbocycles. The summed E-state index contributed by atoms with van der Waals surface area (Å²) >= 11 is 0. The van der Waals surface area contributed by atoms with E-state index in [0.717, 1.165) is 63.7 Å². The van der Waals surface area contributed by atoms with Crippen LogP contribution in [0.4, 0.5) is 0 Å². The van der Waals surface area contributed by atoms with Crippen molar-refractivity contribution in [3.05, 3.63) is 12.2 Å². The van der Waals surface area contributed by atoms with Gasteiger partial charge in [0.05, 0.1) is 38.1 Å². The number of aliphatic hydroxyl groups is 4. The molecular formula is C41H78O16P2. The number of carbonyl (C=O) groups excluding carboxylic acids is 2. The van der Waals surface area contributed by atoms with Gasteiger partial charge in [0.1, 0.15) is 12.7 Å². The first-order valence-electron chi connectivity index (χ1n) is 22.0. The third-order valence-electron chi connectivity index (χ3n) is 10.4. The molecule has 1 unspecified atom stereocenters. The fourth-order valence-corrected chi connectivity index (χ4v) is 8.20. The van der Waals surface area contributed by atoms with Crippen LogP contribution in [0.15, 0.2) is 12.2 Å². The molecule has 7 N–H and O–H groups in total. The molecule has 0 amide bonds. The lowest BCUT2D eigenvalue weighted by molar-refractivity contribution is -0.161. The molecule has 0 radical (unpaired) electrons. The Morgan fingerprint density at radius 2 is 1.22 bits per heavy atom. The lowest BCUT2D eigenvalue weighted by Crippen LogP contribution is -2.30. The summed E-state index contributed by atoms with van der Waals surface area (Å²) in [4.78, 5) is 52.9. The van der Waals surface area contributed by atoms with E-state index in [9.17, 15) is 44.0 Å². The standard InChI is InChI=1S/C41H78O16P2/c1-4-5-15-21-33(42)25-26-37-36(38(44)27-39(37)45)22-17-13-14-19-24-41(47)57-35(31-56-59(51,52)55-29-34(43)28-54-58(48,49)50)30-53-40(46)23-18-12-10-8-6-7-9-11-16-20-32(2)3/h25-26,32-39,42-45H,4-24,27-31H2,1-3H3,(H,51,52)(H2,48,49,50)/b26-25+/t33-,34-,35+,36+,37+,38-,39+/m0/s1. The lowest BCUT2D eigenvalue weighted by Gasteiger charge is -2.21. The number of ether oxygens (including phenoxy) is 2. The Hall–Kier alpha value is -1.26.